The summed E-state index contributed by atoms with van der Waals surface area (Å²) in [5.41, 5.74) is 1.17. The largest absolute Gasteiger partial charge is 0.372 e. The molecular weight excluding hydrogens is 238 g/mol. The Morgan fingerprint density at radius 1 is 1.16 bits per heavy atom. The van der Waals surface area contributed by atoms with Crippen LogP contribution in [-0.2, 0) is 11.3 Å². The second kappa shape index (κ2) is 5.80. The molecule has 4 heteroatoms. The van der Waals surface area contributed by atoms with Crippen LogP contribution >= 0.6 is 0 Å². The average molecular weight is 255 g/mol. The van der Waals surface area contributed by atoms with Gasteiger partial charge in [-0.2, -0.15) is 0 Å². The second-order valence-corrected chi connectivity index (χ2v) is 4.71. The molecule has 98 valence electrons. The van der Waals surface area contributed by atoms with Gasteiger partial charge in [-0.3, -0.25) is 4.98 Å². The predicted octanol–water partition coefficient (Wildman–Crippen LogP) is 2.27. The molecule has 1 unspecified atom stereocenters. The minimum Gasteiger partial charge on any atom is -0.372 e. The molecule has 1 saturated heterocycles. The van der Waals surface area contributed by atoms with Crippen LogP contribution in [0.5, 0.6) is 0 Å². The van der Waals surface area contributed by atoms with E-state index >= 15 is 0 Å². The standard InChI is InChI=1S/C15H17N3O/c1-2-7-17-15(3-1)18-10-6-14(11-18)19-12-13-4-8-16-9-5-13/h1-5,7-9,14H,6,10-12H2. The lowest BCUT2D eigenvalue weighted by molar-refractivity contribution is 0.0553. The van der Waals surface area contributed by atoms with Gasteiger partial charge < -0.3 is 9.64 Å². The van der Waals surface area contributed by atoms with Crippen LogP contribution in [0.4, 0.5) is 5.82 Å². The summed E-state index contributed by atoms with van der Waals surface area (Å²) in [6.07, 6.45) is 6.78. The molecular formula is C15H17N3O. The molecule has 0 bridgehead atoms. The molecule has 0 spiro atoms. The van der Waals surface area contributed by atoms with Crippen LogP contribution in [0.25, 0.3) is 0 Å². The van der Waals surface area contributed by atoms with Crippen LogP contribution in [0.2, 0.25) is 0 Å². The van der Waals surface area contributed by atoms with Crippen molar-refractivity contribution in [2.24, 2.45) is 0 Å². The number of hydrogen-bond acceptors (Lipinski definition) is 4. The second-order valence-electron chi connectivity index (χ2n) is 4.71. The van der Waals surface area contributed by atoms with Crippen molar-refractivity contribution in [3.05, 3.63) is 54.5 Å². The van der Waals surface area contributed by atoms with Gasteiger partial charge in [0.1, 0.15) is 5.82 Å². The number of rotatable bonds is 4. The molecule has 3 rings (SSSR count). The highest BCUT2D eigenvalue weighted by Crippen LogP contribution is 2.20. The van der Waals surface area contributed by atoms with E-state index < -0.39 is 0 Å². The highest BCUT2D eigenvalue weighted by molar-refractivity contribution is 5.39. The monoisotopic (exact) mass is 255 g/mol. The molecule has 1 aliphatic rings. The molecule has 2 aromatic heterocycles. The number of ether oxygens (including phenoxy) is 1. The summed E-state index contributed by atoms with van der Waals surface area (Å²) in [4.78, 5) is 10.7. The zero-order valence-corrected chi connectivity index (χ0v) is 10.8. The first kappa shape index (κ1) is 12.1. The topological polar surface area (TPSA) is 38.2 Å². The molecule has 3 heterocycles. The molecule has 1 atom stereocenters. The molecule has 0 aliphatic carbocycles. The Morgan fingerprint density at radius 2 is 2.05 bits per heavy atom. The van der Waals surface area contributed by atoms with E-state index in [1.165, 1.54) is 5.56 Å². The van der Waals surface area contributed by atoms with Crippen molar-refractivity contribution in [3.8, 4) is 0 Å². The minimum atomic E-state index is 0.287. The van der Waals surface area contributed by atoms with Gasteiger partial charge in [0.25, 0.3) is 0 Å². The number of hydrogen-bond donors (Lipinski definition) is 0. The normalized spacial score (nSPS) is 18.7. The van der Waals surface area contributed by atoms with Crippen molar-refractivity contribution >= 4 is 5.82 Å². The molecule has 0 amide bonds. The third kappa shape index (κ3) is 3.09. The first-order valence-corrected chi connectivity index (χ1v) is 6.58. The Labute approximate surface area is 113 Å². The molecule has 19 heavy (non-hydrogen) atoms. The number of aromatic nitrogens is 2. The van der Waals surface area contributed by atoms with Gasteiger partial charge in [-0.05, 0) is 36.2 Å². The Bertz CT molecular complexity index is 503. The molecule has 0 N–H and O–H groups in total. The summed E-state index contributed by atoms with van der Waals surface area (Å²) >= 11 is 0. The number of nitrogens with zero attached hydrogens (tertiary/aromatic N) is 3. The van der Waals surface area contributed by atoms with Gasteiger partial charge in [0.05, 0.1) is 12.7 Å². The van der Waals surface area contributed by atoms with Crippen LogP contribution in [-0.4, -0.2) is 29.2 Å². The summed E-state index contributed by atoms with van der Waals surface area (Å²) < 4.78 is 5.94. The Balaban J connectivity index is 1.52. The van der Waals surface area contributed by atoms with Crippen LogP contribution < -0.4 is 4.90 Å². The van der Waals surface area contributed by atoms with Crippen molar-refractivity contribution in [3.63, 3.8) is 0 Å². The quantitative estimate of drug-likeness (QED) is 0.840. The maximum Gasteiger partial charge on any atom is 0.128 e. The smallest absolute Gasteiger partial charge is 0.128 e. The van der Waals surface area contributed by atoms with Gasteiger partial charge >= 0.3 is 0 Å². The van der Waals surface area contributed by atoms with Gasteiger partial charge in [-0.15, -0.1) is 0 Å². The fourth-order valence-electron chi connectivity index (χ4n) is 2.31. The van der Waals surface area contributed by atoms with Crippen molar-refractivity contribution in [1.29, 1.82) is 0 Å². The summed E-state index contributed by atoms with van der Waals surface area (Å²) in [6, 6.07) is 9.99. The fraction of sp³-hybridized carbons (Fsp3) is 0.333. The average Bonchev–Trinajstić information content (AvgIpc) is 2.96. The molecule has 0 aromatic carbocycles. The highest BCUT2D eigenvalue weighted by Gasteiger charge is 2.23. The summed E-state index contributed by atoms with van der Waals surface area (Å²) in [5.74, 6) is 1.04. The lowest BCUT2D eigenvalue weighted by Crippen LogP contribution is -2.23. The molecule has 1 fully saturated rings. The van der Waals surface area contributed by atoms with Crippen LogP contribution in [0.15, 0.2) is 48.9 Å². The lowest BCUT2D eigenvalue weighted by atomic mass is 10.3. The van der Waals surface area contributed by atoms with Crippen molar-refractivity contribution < 1.29 is 4.74 Å². The van der Waals surface area contributed by atoms with E-state index in [-0.39, 0.29) is 6.10 Å². The first-order chi connectivity index (χ1) is 9.42. The zero-order valence-electron chi connectivity index (χ0n) is 10.8. The lowest BCUT2D eigenvalue weighted by Gasteiger charge is -2.17. The molecule has 4 nitrogen and oxygen atoms in total. The summed E-state index contributed by atoms with van der Waals surface area (Å²) in [7, 11) is 0. The molecule has 0 saturated carbocycles. The third-order valence-corrected chi connectivity index (χ3v) is 3.35. The van der Waals surface area contributed by atoms with Gasteiger partial charge in [0.15, 0.2) is 0 Å². The fourth-order valence-corrected chi connectivity index (χ4v) is 2.31. The predicted molar refractivity (Wildman–Crippen MR) is 73.9 cm³/mol. The summed E-state index contributed by atoms with van der Waals surface area (Å²) in [5, 5.41) is 0. The highest BCUT2D eigenvalue weighted by atomic mass is 16.5. The van der Waals surface area contributed by atoms with E-state index in [9.17, 15) is 0 Å². The van der Waals surface area contributed by atoms with E-state index in [0.29, 0.717) is 6.61 Å². The first-order valence-electron chi connectivity index (χ1n) is 6.58. The van der Waals surface area contributed by atoms with Gasteiger partial charge in [-0.1, -0.05) is 6.07 Å². The Hall–Kier alpha value is -1.94. The summed E-state index contributed by atoms with van der Waals surface area (Å²) in [6.45, 7) is 2.59. The minimum absolute atomic E-state index is 0.287. The maximum absolute atomic E-state index is 5.94. The van der Waals surface area contributed by atoms with Crippen molar-refractivity contribution in [1.82, 2.24) is 9.97 Å². The third-order valence-electron chi connectivity index (χ3n) is 3.35. The van der Waals surface area contributed by atoms with E-state index in [1.54, 1.807) is 12.4 Å². The van der Waals surface area contributed by atoms with Crippen LogP contribution in [0, 0.1) is 0 Å². The SMILES string of the molecule is c1ccc(N2CCC(OCc3ccncc3)C2)nc1. The maximum atomic E-state index is 5.94. The van der Waals surface area contributed by atoms with Gasteiger partial charge in [0, 0.05) is 31.7 Å². The van der Waals surface area contributed by atoms with E-state index in [1.807, 2.05) is 36.5 Å². The zero-order chi connectivity index (χ0) is 12.9. The Kier molecular flexibility index (Phi) is 3.70. The molecule has 0 radical (unpaired) electrons. The van der Waals surface area contributed by atoms with Gasteiger partial charge in [-0.25, -0.2) is 4.98 Å². The molecule has 2 aromatic rings. The van der Waals surface area contributed by atoms with Crippen molar-refractivity contribution in [2.75, 3.05) is 18.0 Å². The number of pyridine rings is 2. The van der Waals surface area contributed by atoms with E-state index in [4.69, 9.17) is 4.74 Å². The Morgan fingerprint density at radius 3 is 2.84 bits per heavy atom. The molecule has 1 aliphatic heterocycles. The van der Waals surface area contributed by atoms with E-state index in [0.717, 1.165) is 25.3 Å². The number of anilines is 1. The van der Waals surface area contributed by atoms with Gasteiger partial charge in [0.2, 0.25) is 0 Å². The van der Waals surface area contributed by atoms with Crippen LogP contribution in [0.1, 0.15) is 12.0 Å². The van der Waals surface area contributed by atoms with Crippen molar-refractivity contribution in [2.45, 2.75) is 19.1 Å². The van der Waals surface area contributed by atoms with E-state index in [2.05, 4.69) is 14.9 Å². The van der Waals surface area contributed by atoms with Crippen LogP contribution in [0.3, 0.4) is 0 Å².